The van der Waals surface area contributed by atoms with Crippen LogP contribution in [0.3, 0.4) is 0 Å². The standard InChI is InChI=1S/C17H38O2Si/c1-15(2)20(16(3)4,17(5)6)19-14-12-10-8-7-9-11-13-18/h15-18H,7-14H2,1-6H3. The van der Waals surface area contributed by atoms with Gasteiger partial charge in [-0.2, -0.15) is 0 Å². The molecule has 0 bridgehead atoms. The van der Waals surface area contributed by atoms with Crippen LogP contribution in [0.15, 0.2) is 0 Å². The van der Waals surface area contributed by atoms with Gasteiger partial charge in [-0.25, -0.2) is 0 Å². The van der Waals surface area contributed by atoms with Gasteiger partial charge < -0.3 is 9.53 Å². The highest BCUT2D eigenvalue weighted by atomic mass is 28.4. The molecule has 2 nitrogen and oxygen atoms in total. The molecule has 0 aromatic rings. The number of hydrogen-bond acceptors (Lipinski definition) is 2. The SMILES string of the molecule is CC(C)[Si](OCCCCCCCCO)(C(C)C)C(C)C. The molecule has 0 rings (SSSR count). The summed E-state index contributed by atoms with van der Waals surface area (Å²) >= 11 is 0. The maximum atomic E-state index is 8.74. The quantitative estimate of drug-likeness (QED) is 0.380. The van der Waals surface area contributed by atoms with Crippen LogP contribution in [-0.4, -0.2) is 26.6 Å². The Labute approximate surface area is 128 Å². The van der Waals surface area contributed by atoms with E-state index in [1.165, 1.54) is 32.1 Å². The van der Waals surface area contributed by atoms with Gasteiger partial charge in [0.25, 0.3) is 0 Å². The second-order valence-electron chi connectivity index (χ2n) is 7.01. The van der Waals surface area contributed by atoms with Gasteiger partial charge in [0.05, 0.1) is 0 Å². The van der Waals surface area contributed by atoms with Crippen LogP contribution >= 0.6 is 0 Å². The van der Waals surface area contributed by atoms with Gasteiger partial charge in [-0.1, -0.05) is 67.2 Å². The Bertz CT molecular complexity index is 205. The molecule has 0 unspecified atom stereocenters. The molecule has 0 aliphatic heterocycles. The van der Waals surface area contributed by atoms with Crippen molar-refractivity contribution in [2.75, 3.05) is 13.2 Å². The summed E-state index contributed by atoms with van der Waals surface area (Å²) in [7, 11) is -1.64. The molecule has 122 valence electrons. The molecule has 0 heterocycles. The van der Waals surface area contributed by atoms with E-state index in [2.05, 4.69) is 41.5 Å². The van der Waals surface area contributed by atoms with Crippen LogP contribution in [0, 0.1) is 0 Å². The summed E-state index contributed by atoms with van der Waals surface area (Å²) < 4.78 is 6.54. The number of aliphatic hydroxyl groups excluding tert-OH is 1. The topological polar surface area (TPSA) is 29.5 Å². The number of unbranched alkanes of at least 4 members (excludes halogenated alkanes) is 5. The Morgan fingerprint density at radius 1 is 0.700 bits per heavy atom. The lowest BCUT2D eigenvalue weighted by molar-refractivity contribution is 0.265. The van der Waals surface area contributed by atoms with E-state index in [0.717, 1.165) is 13.0 Å². The third-order valence-electron chi connectivity index (χ3n) is 4.61. The van der Waals surface area contributed by atoms with Crippen molar-refractivity contribution in [2.45, 2.75) is 96.7 Å². The summed E-state index contributed by atoms with van der Waals surface area (Å²) in [5.74, 6) is 0. The van der Waals surface area contributed by atoms with Crippen LogP contribution < -0.4 is 0 Å². The first-order valence-electron chi connectivity index (χ1n) is 8.64. The monoisotopic (exact) mass is 302 g/mol. The summed E-state index contributed by atoms with van der Waals surface area (Å²) in [5, 5.41) is 8.74. The lowest BCUT2D eigenvalue weighted by atomic mass is 10.1. The molecule has 0 atom stereocenters. The van der Waals surface area contributed by atoms with E-state index in [4.69, 9.17) is 9.53 Å². The molecule has 0 saturated heterocycles. The molecule has 0 amide bonds. The highest BCUT2D eigenvalue weighted by molar-refractivity contribution is 6.77. The highest BCUT2D eigenvalue weighted by Crippen LogP contribution is 2.42. The molecule has 0 fully saturated rings. The third kappa shape index (κ3) is 6.27. The van der Waals surface area contributed by atoms with Gasteiger partial charge >= 0.3 is 0 Å². The summed E-state index contributed by atoms with van der Waals surface area (Å²) in [5.41, 5.74) is 2.06. The van der Waals surface area contributed by atoms with Crippen molar-refractivity contribution < 1.29 is 9.53 Å². The zero-order valence-corrected chi connectivity index (χ0v) is 15.7. The normalized spacial score (nSPS) is 12.9. The fraction of sp³-hybridized carbons (Fsp3) is 1.00. The van der Waals surface area contributed by atoms with Crippen molar-refractivity contribution in [1.82, 2.24) is 0 Å². The lowest BCUT2D eigenvalue weighted by Crippen LogP contribution is -2.47. The predicted molar refractivity (Wildman–Crippen MR) is 91.8 cm³/mol. The van der Waals surface area contributed by atoms with Gasteiger partial charge in [0.1, 0.15) is 0 Å². The van der Waals surface area contributed by atoms with Gasteiger partial charge in [0.15, 0.2) is 8.32 Å². The molecule has 3 heteroatoms. The molecular weight excluding hydrogens is 264 g/mol. The second kappa shape index (κ2) is 10.8. The number of aliphatic hydroxyl groups is 1. The fourth-order valence-corrected chi connectivity index (χ4v) is 9.17. The van der Waals surface area contributed by atoms with Crippen LogP contribution in [0.2, 0.25) is 16.6 Å². The average Bonchev–Trinajstić information content (AvgIpc) is 2.35. The molecule has 0 aliphatic rings. The van der Waals surface area contributed by atoms with Crippen LogP contribution in [-0.2, 0) is 4.43 Å². The largest absolute Gasteiger partial charge is 0.416 e. The maximum Gasteiger partial charge on any atom is 0.200 e. The highest BCUT2D eigenvalue weighted by Gasteiger charge is 2.44. The van der Waals surface area contributed by atoms with Gasteiger partial charge in [0, 0.05) is 13.2 Å². The summed E-state index contributed by atoms with van der Waals surface area (Å²) in [6.45, 7) is 15.4. The molecule has 0 spiro atoms. The number of hydrogen-bond donors (Lipinski definition) is 1. The fourth-order valence-electron chi connectivity index (χ4n) is 3.67. The first kappa shape index (κ1) is 20.1. The van der Waals surface area contributed by atoms with Crippen molar-refractivity contribution in [3.05, 3.63) is 0 Å². The zero-order chi connectivity index (χ0) is 15.6. The van der Waals surface area contributed by atoms with Crippen LogP contribution in [0.25, 0.3) is 0 Å². The first-order chi connectivity index (χ1) is 9.39. The summed E-state index contributed by atoms with van der Waals surface area (Å²) in [4.78, 5) is 0. The van der Waals surface area contributed by atoms with Crippen molar-refractivity contribution in [3.8, 4) is 0 Å². The average molecular weight is 303 g/mol. The zero-order valence-electron chi connectivity index (χ0n) is 14.7. The van der Waals surface area contributed by atoms with Crippen molar-refractivity contribution in [3.63, 3.8) is 0 Å². The van der Waals surface area contributed by atoms with Crippen molar-refractivity contribution in [2.24, 2.45) is 0 Å². The lowest BCUT2D eigenvalue weighted by Gasteiger charge is -2.42. The molecule has 1 N–H and O–H groups in total. The molecule has 20 heavy (non-hydrogen) atoms. The van der Waals surface area contributed by atoms with Crippen LogP contribution in [0.5, 0.6) is 0 Å². The Kier molecular flexibility index (Phi) is 10.9. The summed E-state index contributed by atoms with van der Waals surface area (Å²) in [6.07, 6.45) is 7.12. The molecule has 0 aromatic heterocycles. The third-order valence-corrected chi connectivity index (χ3v) is 10.7. The predicted octanol–water partition coefficient (Wildman–Crippen LogP) is 5.51. The Morgan fingerprint density at radius 3 is 1.50 bits per heavy atom. The molecule has 0 aliphatic carbocycles. The maximum absolute atomic E-state index is 8.74. The van der Waals surface area contributed by atoms with Gasteiger partial charge in [-0.3, -0.25) is 0 Å². The molecule has 0 aromatic carbocycles. The van der Waals surface area contributed by atoms with E-state index in [9.17, 15) is 0 Å². The van der Waals surface area contributed by atoms with E-state index in [1.807, 2.05) is 0 Å². The Hall–Kier alpha value is 0.137. The van der Waals surface area contributed by atoms with Gasteiger partial charge in [0.2, 0.25) is 0 Å². The van der Waals surface area contributed by atoms with E-state index in [0.29, 0.717) is 23.2 Å². The molecule has 0 radical (unpaired) electrons. The van der Waals surface area contributed by atoms with Crippen LogP contribution in [0.1, 0.15) is 80.1 Å². The minimum absolute atomic E-state index is 0.342. The smallest absolute Gasteiger partial charge is 0.200 e. The van der Waals surface area contributed by atoms with Gasteiger partial charge in [-0.15, -0.1) is 0 Å². The molecular formula is C17H38O2Si. The minimum Gasteiger partial charge on any atom is -0.416 e. The van der Waals surface area contributed by atoms with E-state index in [1.54, 1.807) is 0 Å². The van der Waals surface area contributed by atoms with Crippen molar-refractivity contribution >= 4 is 8.32 Å². The summed E-state index contributed by atoms with van der Waals surface area (Å²) in [6, 6.07) is 0. The minimum atomic E-state index is -1.64. The van der Waals surface area contributed by atoms with Crippen LogP contribution in [0.4, 0.5) is 0 Å². The van der Waals surface area contributed by atoms with Crippen molar-refractivity contribution in [1.29, 1.82) is 0 Å². The second-order valence-corrected chi connectivity index (χ2v) is 12.5. The van der Waals surface area contributed by atoms with E-state index < -0.39 is 8.32 Å². The van der Waals surface area contributed by atoms with E-state index in [-0.39, 0.29) is 0 Å². The first-order valence-corrected chi connectivity index (χ1v) is 10.8. The number of rotatable bonds is 12. The molecule has 0 saturated carbocycles. The Morgan fingerprint density at radius 2 is 1.10 bits per heavy atom. The van der Waals surface area contributed by atoms with Gasteiger partial charge in [-0.05, 0) is 29.5 Å². The Balaban J connectivity index is 4.04. The van der Waals surface area contributed by atoms with E-state index >= 15 is 0 Å².